The highest BCUT2D eigenvalue weighted by molar-refractivity contribution is 7.10. The maximum absolute atomic E-state index is 10.6. The van der Waals surface area contributed by atoms with E-state index in [-0.39, 0.29) is 6.42 Å². The van der Waals surface area contributed by atoms with Crippen LogP contribution >= 0.6 is 11.3 Å². The van der Waals surface area contributed by atoms with Gasteiger partial charge < -0.3 is 9.84 Å². The molecule has 0 aliphatic heterocycles. The molecule has 0 aliphatic rings. The Morgan fingerprint density at radius 3 is 3.06 bits per heavy atom. The Kier molecular flexibility index (Phi) is 3.94. The maximum atomic E-state index is 10.6. The minimum absolute atomic E-state index is 0.0319. The van der Waals surface area contributed by atoms with Crippen LogP contribution in [-0.2, 0) is 11.2 Å². The summed E-state index contributed by atoms with van der Waals surface area (Å²) < 4.78 is 5.42. The number of nitrogens with zero attached hydrogens (tertiary/aromatic N) is 1. The lowest BCUT2D eigenvalue weighted by Gasteiger charge is -2.03. The van der Waals surface area contributed by atoms with Crippen molar-refractivity contribution in [2.24, 2.45) is 0 Å². The highest BCUT2D eigenvalue weighted by Crippen LogP contribution is 2.25. The van der Waals surface area contributed by atoms with E-state index < -0.39 is 5.97 Å². The molecule has 0 unspecified atom stereocenters. The van der Waals surface area contributed by atoms with E-state index >= 15 is 0 Å². The lowest BCUT2D eigenvalue weighted by molar-refractivity contribution is -0.136. The normalized spacial score (nSPS) is 10.3. The van der Waals surface area contributed by atoms with Gasteiger partial charge in [-0.25, -0.2) is 4.98 Å². The lowest BCUT2D eigenvalue weighted by atomic mass is 10.1. The average molecular weight is 263 g/mol. The third kappa shape index (κ3) is 3.07. The molecule has 1 aromatic heterocycles. The molecule has 4 nitrogen and oxygen atoms in total. The monoisotopic (exact) mass is 263 g/mol. The number of rotatable bonds is 5. The molecule has 18 heavy (non-hydrogen) atoms. The first-order chi connectivity index (χ1) is 8.69. The van der Waals surface area contributed by atoms with Gasteiger partial charge in [-0.1, -0.05) is 12.1 Å². The van der Waals surface area contributed by atoms with Crippen molar-refractivity contribution in [1.82, 2.24) is 4.98 Å². The molecule has 94 valence electrons. The number of benzene rings is 1. The molecule has 0 amide bonds. The van der Waals surface area contributed by atoms with Crippen LogP contribution in [0.25, 0.3) is 11.3 Å². The first kappa shape index (κ1) is 12.6. The quantitative estimate of drug-likeness (QED) is 0.901. The summed E-state index contributed by atoms with van der Waals surface area (Å²) in [5, 5.41) is 11.2. The van der Waals surface area contributed by atoms with E-state index in [2.05, 4.69) is 4.98 Å². The van der Waals surface area contributed by atoms with E-state index in [4.69, 9.17) is 9.84 Å². The van der Waals surface area contributed by atoms with E-state index in [1.165, 1.54) is 11.3 Å². The van der Waals surface area contributed by atoms with Crippen molar-refractivity contribution in [3.8, 4) is 17.0 Å². The second kappa shape index (κ2) is 5.64. The Bertz CT molecular complexity index is 551. The Balaban J connectivity index is 2.22. The second-order valence-corrected chi connectivity index (χ2v) is 4.60. The Hall–Kier alpha value is -1.88. The van der Waals surface area contributed by atoms with Crippen molar-refractivity contribution < 1.29 is 14.6 Å². The number of thiazole rings is 1. The van der Waals surface area contributed by atoms with Crippen molar-refractivity contribution in [2.75, 3.05) is 6.61 Å². The molecule has 0 radical (unpaired) electrons. The number of aliphatic carboxylic acids is 1. The zero-order valence-electron chi connectivity index (χ0n) is 9.92. The topological polar surface area (TPSA) is 59.4 Å². The number of carbonyl (C=O) groups is 1. The van der Waals surface area contributed by atoms with Gasteiger partial charge in [0.15, 0.2) is 0 Å². The van der Waals surface area contributed by atoms with E-state index in [0.717, 1.165) is 17.0 Å². The number of ether oxygens (including phenoxy) is 1. The Labute approximate surface area is 109 Å². The first-order valence-electron chi connectivity index (χ1n) is 5.58. The van der Waals surface area contributed by atoms with Gasteiger partial charge in [-0.3, -0.25) is 4.79 Å². The third-order valence-corrected chi connectivity index (χ3v) is 3.14. The van der Waals surface area contributed by atoms with Crippen molar-refractivity contribution in [1.29, 1.82) is 0 Å². The summed E-state index contributed by atoms with van der Waals surface area (Å²) in [4.78, 5) is 14.9. The fraction of sp³-hybridized carbons (Fsp3) is 0.231. The molecule has 0 aliphatic carbocycles. The summed E-state index contributed by atoms with van der Waals surface area (Å²) in [5.74, 6) is -0.0678. The van der Waals surface area contributed by atoms with E-state index in [9.17, 15) is 4.79 Å². The van der Waals surface area contributed by atoms with Gasteiger partial charge >= 0.3 is 5.97 Å². The van der Waals surface area contributed by atoms with Gasteiger partial charge in [-0.05, 0) is 19.1 Å². The molecule has 1 aromatic carbocycles. The molecular weight excluding hydrogens is 250 g/mol. The summed E-state index contributed by atoms with van der Waals surface area (Å²) in [6.45, 7) is 2.55. The SMILES string of the molecule is CCOc1cccc(-c2csc(CC(=O)O)n2)c1. The van der Waals surface area contributed by atoms with Crippen LogP contribution in [-0.4, -0.2) is 22.7 Å². The van der Waals surface area contributed by atoms with Crippen LogP contribution in [0.3, 0.4) is 0 Å². The van der Waals surface area contributed by atoms with E-state index in [0.29, 0.717) is 11.6 Å². The molecule has 0 bridgehead atoms. The Morgan fingerprint density at radius 2 is 2.33 bits per heavy atom. The van der Waals surface area contributed by atoms with E-state index in [1.807, 2.05) is 36.6 Å². The van der Waals surface area contributed by atoms with Gasteiger partial charge in [0, 0.05) is 10.9 Å². The van der Waals surface area contributed by atoms with Gasteiger partial charge in [0.2, 0.25) is 0 Å². The molecule has 0 spiro atoms. The first-order valence-corrected chi connectivity index (χ1v) is 6.46. The van der Waals surface area contributed by atoms with Crippen LogP contribution in [0.1, 0.15) is 11.9 Å². The Morgan fingerprint density at radius 1 is 1.50 bits per heavy atom. The molecule has 2 rings (SSSR count). The molecule has 0 fully saturated rings. The number of carboxylic acids is 1. The van der Waals surface area contributed by atoms with Crippen LogP contribution in [0.2, 0.25) is 0 Å². The van der Waals surface area contributed by atoms with Crippen molar-refractivity contribution in [2.45, 2.75) is 13.3 Å². The molecule has 5 heteroatoms. The molecule has 0 saturated carbocycles. The fourth-order valence-electron chi connectivity index (χ4n) is 1.57. The smallest absolute Gasteiger partial charge is 0.310 e. The lowest BCUT2D eigenvalue weighted by Crippen LogP contribution is -1.99. The fourth-order valence-corrected chi connectivity index (χ4v) is 2.36. The molecule has 1 N–H and O–H groups in total. The van der Waals surface area contributed by atoms with Gasteiger partial charge in [-0.15, -0.1) is 11.3 Å². The average Bonchev–Trinajstić information content (AvgIpc) is 2.77. The predicted molar refractivity (Wildman–Crippen MR) is 70.1 cm³/mol. The van der Waals surface area contributed by atoms with Crippen LogP contribution in [0.5, 0.6) is 5.75 Å². The summed E-state index contributed by atoms with van der Waals surface area (Å²) in [6, 6.07) is 7.62. The minimum atomic E-state index is -0.862. The highest BCUT2D eigenvalue weighted by Gasteiger charge is 2.08. The van der Waals surface area contributed by atoms with Crippen LogP contribution in [0.4, 0.5) is 0 Å². The van der Waals surface area contributed by atoms with Crippen LogP contribution < -0.4 is 4.74 Å². The van der Waals surface area contributed by atoms with Crippen molar-refractivity contribution in [3.05, 3.63) is 34.7 Å². The number of carboxylic acid groups (broad SMARTS) is 1. The zero-order chi connectivity index (χ0) is 13.0. The number of hydrogen-bond donors (Lipinski definition) is 1. The minimum Gasteiger partial charge on any atom is -0.494 e. The number of hydrogen-bond acceptors (Lipinski definition) is 4. The van der Waals surface area contributed by atoms with Crippen molar-refractivity contribution in [3.63, 3.8) is 0 Å². The molecule has 0 atom stereocenters. The van der Waals surface area contributed by atoms with Crippen LogP contribution in [0.15, 0.2) is 29.6 Å². The maximum Gasteiger partial charge on any atom is 0.310 e. The highest BCUT2D eigenvalue weighted by atomic mass is 32.1. The molecule has 0 saturated heterocycles. The van der Waals surface area contributed by atoms with E-state index in [1.54, 1.807) is 0 Å². The summed E-state index contributed by atoms with van der Waals surface area (Å²) >= 11 is 1.36. The second-order valence-electron chi connectivity index (χ2n) is 3.66. The van der Waals surface area contributed by atoms with Gasteiger partial charge in [0.05, 0.1) is 18.7 Å². The molecule has 2 aromatic rings. The van der Waals surface area contributed by atoms with Gasteiger partial charge in [0.1, 0.15) is 10.8 Å². The standard InChI is InChI=1S/C13H13NO3S/c1-2-17-10-5-3-4-9(6-10)11-8-18-12(14-11)7-13(15)16/h3-6,8H,2,7H2,1H3,(H,15,16). The molecular formula is C13H13NO3S. The van der Waals surface area contributed by atoms with Crippen molar-refractivity contribution >= 4 is 17.3 Å². The van der Waals surface area contributed by atoms with Gasteiger partial charge in [0.25, 0.3) is 0 Å². The summed E-state index contributed by atoms with van der Waals surface area (Å²) in [5.41, 5.74) is 1.73. The predicted octanol–water partition coefficient (Wildman–Crippen LogP) is 2.84. The largest absolute Gasteiger partial charge is 0.494 e. The summed E-state index contributed by atoms with van der Waals surface area (Å²) in [6.07, 6.45) is -0.0319. The molecule has 1 heterocycles. The van der Waals surface area contributed by atoms with Gasteiger partial charge in [-0.2, -0.15) is 0 Å². The van der Waals surface area contributed by atoms with Crippen LogP contribution in [0, 0.1) is 0 Å². The summed E-state index contributed by atoms with van der Waals surface area (Å²) in [7, 11) is 0. The number of aromatic nitrogens is 1. The zero-order valence-corrected chi connectivity index (χ0v) is 10.7. The third-order valence-electron chi connectivity index (χ3n) is 2.30.